The molecule has 28 heavy (non-hydrogen) atoms. The van der Waals surface area contributed by atoms with E-state index < -0.39 is 0 Å². The number of methoxy groups -OCH3 is 2. The van der Waals surface area contributed by atoms with E-state index in [9.17, 15) is 10.2 Å². The van der Waals surface area contributed by atoms with Crippen molar-refractivity contribution in [1.82, 2.24) is 0 Å². The van der Waals surface area contributed by atoms with Crippen molar-refractivity contribution in [3.05, 3.63) is 30.4 Å². The van der Waals surface area contributed by atoms with E-state index in [-0.39, 0.29) is 23.0 Å². The van der Waals surface area contributed by atoms with E-state index >= 15 is 0 Å². The summed E-state index contributed by atoms with van der Waals surface area (Å²) in [6.45, 7) is 10.6. The van der Waals surface area contributed by atoms with Gasteiger partial charge >= 0.3 is 0 Å². The number of ether oxygens (including phenoxy) is 2. The number of hydrogen-bond donors (Lipinski definition) is 1. The molecule has 1 rings (SSSR count). The lowest BCUT2D eigenvalue weighted by atomic mass is 9.90. The molecule has 0 amide bonds. The highest BCUT2D eigenvalue weighted by atomic mass is 16.5. The average molecular weight is 391 g/mol. The quantitative estimate of drug-likeness (QED) is 0.456. The van der Waals surface area contributed by atoms with Crippen molar-refractivity contribution in [2.75, 3.05) is 14.2 Å². The largest absolute Gasteiger partial charge is 0.870 e. The first-order valence-corrected chi connectivity index (χ1v) is 10.4. The van der Waals surface area contributed by atoms with E-state index in [0.29, 0.717) is 35.3 Å². The van der Waals surface area contributed by atoms with E-state index in [2.05, 4.69) is 47.0 Å². The monoisotopic (exact) mass is 390 g/mol. The molecule has 4 nitrogen and oxygen atoms in total. The van der Waals surface area contributed by atoms with Gasteiger partial charge in [-0.05, 0) is 12.5 Å². The normalized spacial score (nSPS) is 13.6. The molecule has 0 heterocycles. The van der Waals surface area contributed by atoms with Gasteiger partial charge in [0, 0.05) is 0 Å². The van der Waals surface area contributed by atoms with E-state index in [0.717, 1.165) is 12.8 Å². The van der Waals surface area contributed by atoms with E-state index in [1.165, 1.54) is 27.1 Å². The zero-order valence-corrected chi connectivity index (χ0v) is 18.7. The topological polar surface area (TPSA) is 61.8 Å². The highest BCUT2D eigenvalue weighted by Crippen LogP contribution is 2.47. The van der Waals surface area contributed by atoms with Crippen molar-refractivity contribution in [3.63, 3.8) is 0 Å². The molecule has 0 aromatic heterocycles. The van der Waals surface area contributed by atoms with Crippen molar-refractivity contribution < 1.29 is 19.7 Å². The summed E-state index contributed by atoms with van der Waals surface area (Å²) in [6.07, 6.45) is 12.0. The Kier molecular flexibility index (Phi) is 10.6. The standard InChI is InChI=1S/C24H39O4/c1-16(2)10-8-11-17(3)12-9-13-18(4)14-15-20-19(5)21(25)23(27-6)24(28-7)22(20)26/h10,12,14,16-18,25-26H,8-9,11,13,15H2,1-7H3/q-3/p-1. The number of rotatable bonds is 13. The molecule has 0 saturated heterocycles. The van der Waals surface area contributed by atoms with Gasteiger partial charge in [-0.25, -0.2) is 0 Å². The van der Waals surface area contributed by atoms with Crippen molar-refractivity contribution in [1.29, 1.82) is 0 Å². The Morgan fingerprint density at radius 1 is 0.893 bits per heavy atom. The highest BCUT2D eigenvalue weighted by molar-refractivity contribution is 5.65. The maximum atomic E-state index is 12.7. The molecule has 0 bridgehead atoms. The highest BCUT2D eigenvalue weighted by Gasteiger charge is 2.17. The third-order valence-electron chi connectivity index (χ3n) is 5.29. The third kappa shape index (κ3) is 7.10. The van der Waals surface area contributed by atoms with Crippen LogP contribution >= 0.6 is 0 Å². The molecule has 0 spiro atoms. The number of hydrogen-bond acceptors (Lipinski definition) is 4. The molecule has 162 valence electrons. The maximum absolute atomic E-state index is 12.7. The smallest absolute Gasteiger partial charge is 0.202 e. The van der Waals surface area contributed by atoms with Crippen LogP contribution < -0.4 is 14.6 Å². The molecule has 1 aromatic rings. The molecule has 1 N–H and O–H groups in total. The van der Waals surface area contributed by atoms with Gasteiger partial charge in [-0.2, -0.15) is 37.0 Å². The second-order valence-electron chi connectivity index (χ2n) is 8.11. The Morgan fingerprint density at radius 2 is 1.43 bits per heavy atom. The molecule has 2 atom stereocenters. The lowest BCUT2D eigenvalue weighted by Crippen LogP contribution is -2.08. The molecule has 0 radical (unpaired) electrons. The van der Waals surface area contributed by atoms with Crippen LogP contribution in [-0.4, -0.2) is 19.3 Å². The van der Waals surface area contributed by atoms with Gasteiger partial charge in [0.05, 0.1) is 14.2 Å². The Balaban J connectivity index is 2.53. The van der Waals surface area contributed by atoms with Gasteiger partial charge in [0.25, 0.3) is 0 Å². The Bertz CT molecular complexity index is 595. The summed E-state index contributed by atoms with van der Waals surface area (Å²) in [7, 11) is 2.84. The van der Waals surface area contributed by atoms with Gasteiger partial charge in [-0.1, -0.05) is 39.0 Å². The lowest BCUT2D eigenvalue weighted by molar-refractivity contribution is -0.271. The van der Waals surface area contributed by atoms with Crippen LogP contribution in [0.15, 0.2) is 0 Å². The third-order valence-corrected chi connectivity index (χ3v) is 5.29. The minimum atomic E-state index is -0.209. The second kappa shape index (κ2) is 12.1. The summed E-state index contributed by atoms with van der Waals surface area (Å²) < 4.78 is 10.3. The van der Waals surface area contributed by atoms with Crippen LogP contribution in [0.25, 0.3) is 0 Å². The molecular weight excluding hydrogens is 352 g/mol. The zero-order valence-electron chi connectivity index (χ0n) is 18.7. The van der Waals surface area contributed by atoms with Crippen LogP contribution in [-0.2, 0) is 6.42 Å². The van der Waals surface area contributed by atoms with Gasteiger partial charge in [-0.3, -0.25) is 0 Å². The first-order valence-electron chi connectivity index (χ1n) is 10.4. The van der Waals surface area contributed by atoms with Crippen LogP contribution in [0.1, 0.15) is 64.5 Å². The van der Waals surface area contributed by atoms with E-state index in [1.807, 2.05) is 0 Å². The molecule has 0 aliphatic heterocycles. The van der Waals surface area contributed by atoms with Crippen molar-refractivity contribution in [2.24, 2.45) is 17.8 Å². The van der Waals surface area contributed by atoms with Crippen LogP contribution in [0.3, 0.4) is 0 Å². The van der Waals surface area contributed by atoms with Gasteiger partial charge in [0.2, 0.25) is 5.75 Å². The summed E-state index contributed by atoms with van der Waals surface area (Å²) in [5.41, 5.74) is 1.14. The van der Waals surface area contributed by atoms with Crippen LogP contribution in [0.4, 0.5) is 0 Å². The Hall–Kier alpha value is -1.58. The summed E-state index contributed by atoms with van der Waals surface area (Å²) >= 11 is 0. The van der Waals surface area contributed by atoms with E-state index in [1.54, 1.807) is 6.92 Å². The molecule has 0 aliphatic rings. The number of phenolic OH excluding ortho intramolecular Hbond substituents is 1. The maximum Gasteiger partial charge on any atom is 0.202 e. The SMILES string of the molecule is COc1c([O-])c(C[CH-]C(C)CC[CH-]C(C)CC[CH-]C(C)C)c(C)c(O)c1OC. The second-order valence-corrected chi connectivity index (χ2v) is 8.11. The lowest BCUT2D eigenvalue weighted by Gasteiger charge is -2.31. The van der Waals surface area contributed by atoms with E-state index in [4.69, 9.17) is 9.47 Å². The van der Waals surface area contributed by atoms with Crippen LogP contribution in [0.5, 0.6) is 23.0 Å². The molecule has 4 heteroatoms. The van der Waals surface area contributed by atoms with Gasteiger partial charge in [-0.15, -0.1) is 12.8 Å². The molecule has 0 aliphatic carbocycles. The Morgan fingerprint density at radius 3 is 1.96 bits per heavy atom. The summed E-state index contributed by atoms with van der Waals surface area (Å²) in [4.78, 5) is 0. The minimum Gasteiger partial charge on any atom is -0.870 e. The molecular formula is C24H38O4-4. The number of phenols is 1. The fourth-order valence-electron chi connectivity index (χ4n) is 3.34. The van der Waals surface area contributed by atoms with Crippen LogP contribution in [0, 0.1) is 43.9 Å². The first-order chi connectivity index (χ1) is 13.2. The average Bonchev–Trinajstić information content (AvgIpc) is 2.64. The van der Waals surface area contributed by atoms with Gasteiger partial charge in [0.1, 0.15) is 0 Å². The van der Waals surface area contributed by atoms with Crippen molar-refractivity contribution in [3.8, 4) is 23.0 Å². The molecule has 2 unspecified atom stereocenters. The summed E-state index contributed by atoms with van der Waals surface area (Å²) in [6, 6.07) is 0. The fourth-order valence-corrected chi connectivity index (χ4v) is 3.34. The predicted octanol–water partition coefficient (Wildman–Crippen LogP) is 5.44. The zero-order chi connectivity index (χ0) is 21.3. The fraction of sp³-hybridized carbons (Fsp3) is 0.625. The summed E-state index contributed by atoms with van der Waals surface area (Å²) in [5.74, 6) is 1.63. The van der Waals surface area contributed by atoms with Crippen molar-refractivity contribution >= 4 is 0 Å². The predicted molar refractivity (Wildman–Crippen MR) is 114 cm³/mol. The minimum absolute atomic E-state index is 0.0182. The van der Waals surface area contributed by atoms with Crippen molar-refractivity contribution in [2.45, 2.75) is 66.7 Å². The Labute approximate surface area is 172 Å². The number of benzene rings is 1. The van der Waals surface area contributed by atoms with Gasteiger partial charge in [0.15, 0.2) is 11.5 Å². The first kappa shape index (κ1) is 24.5. The summed E-state index contributed by atoms with van der Waals surface area (Å²) in [5, 5.41) is 23.0. The molecule has 0 saturated carbocycles. The molecule has 1 aromatic carbocycles. The molecule has 0 fully saturated rings. The van der Waals surface area contributed by atoms with Crippen LogP contribution in [0.2, 0.25) is 0 Å². The number of aromatic hydroxyl groups is 1. The van der Waals surface area contributed by atoms with Gasteiger partial charge < -0.3 is 38.9 Å².